The number of ether oxygens (including phenoxy) is 6. The van der Waals surface area contributed by atoms with Crippen molar-refractivity contribution in [2.24, 2.45) is 23.7 Å². The lowest BCUT2D eigenvalue weighted by atomic mass is 9.74. The quantitative estimate of drug-likeness (QED) is 0.0748. The summed E-state index contributed by atoms with van der Waals surface area (Å²) in [5.41, 5.74) is -0.194. The van der Waals surface area contributed by atoms with Gasteiger partial charge in [0.05, 0.1) is 43.2 Å². The Bertz CT molecular complexity index is 1300. The van der Waals surface area contributed by atoms with Crippen LogP contribution in [0.3, 0.4) is 0 Å². The molecule has 0 amide bonds. The van der Waals surface area contributed by atoms with Crippen molar-refractivity contribution in [2.75, 3.05) is 13.6 Å². The normalized spacial score (nSPS) is 24.3. The topological polar surface area (TPSA) is 113 Å². The number of carbonyl (C=O) groups excluding carboxylic acids is 1. The molecular weight excluding hydrogens is 636 g/mol. The molecule has 0 aliphatic carbocycles. The Balaban J connectivity index is 1.76. The Kier molecular flexibility index (Phi) is 15.8. The first-order valence-electron chi connectivity index (χ1n) is 18.0. The van der Waals surface area contributed by atoms with Crippen LogP contribution in [0.1, 0.15) is 86.3 Å². The highest BCUT2D eigenvalue weighted by atomic mass is 16.8. The van der Waals surface area contributed by atoms with E-state index in [9.17, 15) is 15.0 Å². The summed E-state index contributed by atoms with van der Waals surface area (Å²) < 4.78 is 37.0. The third-order valence-electron chi connectivity index (χ3n) is 10.2. The third kappa shape index (κ3) is 11.0. The standard InChI is InChI=1S/C41H62O9/c1-11-28(3)35(42)31(6)38-40(9,50-39(7,8)49-38)23-29(4)36(43)30(5)37(44)41(10,48-27-46-25-33-21-17-14-18-22-33)34(12-2)47-26-45-24-32-19-15-13-16-20-32/h11,13-22,28-31,34-35,37-38,42,44H,1,12,23-27H2,2-10H3/t28-,29+,30-,31-,34+,35+,37+,38+,40+,41+/m0/s1. The van der Waals surface area contributed by atoms with Crippen LogP contribution in [0.5, 0.6) is 0 Å². The van der Waals surface area contributed by atoms with Gasteiger partial charge in [0.2, 0.25) is 0 Å². The Morgan fingerprint density at radius 1 is 0.940 bits per heavy atom. The summed E-state index contributed by atoms with van der Waals surface area (Å²) in [6.07, 6.45) is -0.506. The second kappa shape index (κ2) is 18.9. The first-order chi connectivity index (χ1) is 23.6. The predicted molar refractivity (Wildman–Crippen MR) is 194 cm³/mol. The Labute approximate surface area is 300 Å². The SMILES string of the molecule is C=C[C@H](C)[C@@H](O)[C@H](C)[C@H]1OC(C)(C)O[C@]1(C)C[C@@H](C)C(=O)[C@H](C)[C@@H](O)[C@](C)(OCOCc1ccccc1)[C@@H](CC)OCOCc1ccccc1. The fourth-order valence-corrected chi connectivity index (χ4v) is 7.33. The molecule has 1 aliphatic rings. The Morgan fingerprint density at radius 2 is 1.48 bits per heavy atom. The van der Waals surface area contributed by atoms with E-state index in [1.54, 1.807) is 19.9 Å². The largest absolute Gasteiger partial charge is 0.392 e. The van der Waals surface area contributed by atoms with Gasteiger partial charge in [0.15, 0.2) is 5.79 Å². The van der Waals surface area contributed by atoms with E-state index >= 15 is 0 Å². The van der Waals surface area contributed by atoms with Crippen molar-refractivity contribution in [1.82, 2.24) is 0 Å². The summed E-state index contributed by atoms with van der Waals surface area (Å²) in [5, 5.41) is 23.1. The summed E-state index contributed by atoms with van der Waals surface area (Å²) in [7, 11) is 0. The van der Waals surface area contributed by atoms with Gasteiger partial charge in [-0.1, -0.05) is 101 Å². The third-order valence-corrected chi connectivity index (χ3v) is 10.2. The van der Waals surface area contributed by atoms with Crippen molar-refractivity contribution in [3.8, 4) is 0 Å². The second-order valence-corrected chi connectivity index (χ2v) is 14.8. The highest BCUT2D eigenvalue weighted by Gasteiger charge is 2.55. The average molecular weight is 699 g/mol. The average Bonchev–Trinajstić information content (AvgIpc) is 3.36. The maximum Gasteiger partial charge on any atom is 0.164 e. The molecule has 1 aliphatic heterocycles. The fraction of sp³-hybridized carbons (Fsp3) is 0.634. The monoisotopic (exact) mass is 698 g/mol. The molecule has 1 fully saturated rings. The number of carbonyl (C=O) groups is 1. The molecule has 2 aromatic carbocycles. The van der Waals surface area contributed by atoms with Crippen LogP contribution >= 0.6 is 0 Å². The van der Waals surface area contributed by atoms with Gasteiger partial charge in [-0.2, -0.15) is 0 Å². The Hall–Kier alpha value is -2.47. The predicted octanol–water partition coefficient (Wildman–Crippen LogP) is 7.23. The van der Waals surface area contributed by atoms with Gasteiger partial charge < -0.3 is 38.6 Å². The number of Topliss-reactive ketones (excluding diaryl/α,β-unsaturated/α-hetero) is 1. The zero-order chi connectivity index (χ0) is 37.1. The first kappa shape index (κ1) is 41.9. The van der Waals surface area contributed by atoms with Gasteiger partial charge in [0.1, 0.15) is 25.0 Å². The smallest absolute Gasteiger partial charge is 0.164 e. The number of ketones is 1. The van der Waals surface area contributed by atoms with Crippen molar-refractivity contribution in [3.63, 3.8) is 0 Å². The van der Waals surface area contributed by atoms with E-state index in [0.29, 0.717) is 26.1 Å². The number of benzene rings is 2. The van der Waals surface area contributed by atoms with Gasteiger partial charge in [0.25, 0.3) is 0 Å². The van der Waals surface area contributed by atoms with E-state index in [1.165, 1.54) is 0 Å². The number of aliphatic hydroxyl groups is 2. The van der Waals surface area contributed by atoms with E-state index in [1.807, 2.05) is 109 Å². The van der Waals surface area contributed by atoms with Crippen LogP contribution in [0, 0.1) is 23.7 Å². The lowest BCUT2D eigenvalue weighted by Gasteiger charge is -2.43. The summed E-state index contributed by atoms with van der Waals surface area (Å²) in [6.45, 7) is 21.2. The van der Waals surface area contributed by atoms with Crippen molar-refractivity contribution < 1.29 is 43.4 Å². The van der Waals surface area contributed by atoms with E-state index < -0.39 is 53.2 Å². The number of hydrogen-bond acceptors (Lipinski definition) is 9. The number of rotatable bonds is 22. The molecule has 9 heteroatoms. The highest BCUT2D eigenvalue weighted by molar-refractivity contribution is 5.83. The van der Waals surface area contributed by atoms with E-state index in [-0.39, 0.29) is 31.2 Å². The number of hydrogen-bond donors (Lipinski definition) is 2. The van der Waals surface area contributed by atoms with Gasteiger partial charge in [-0.05, 0) is 51.7 Å². The summed E-state index contributed by atoms with van der Waals surface area (Å²) >= 11 is 0. The molecule has 0 saturated carbocycles. The minimum Gasteiger partial charge on any atom is -0.392 e. The van der Waals surface area contributed by atoms with Crippen LogP contribution in [0.4, 0.5) is 0 Å². The fourth-order valence-electron chi connectivity index (χ4n) is 7.33. The molecule has 0 aromatic heterocycles. The van der Waals surface area contributed by atoms with Crippen LogP contribution in [0.15, 0.2) is 73.3 Å². The van der Waals surface area contributed by atoms with Gasteiger partial charge in [0, 0.05) is 23.7 Å². The van der Waals surface area contributed by atoms with Crippen LogP contribution in [0.25, 0.3) is 0 Å². The minimum atomic E-state index is -1.32. The molecule has 280 valence electrons. The summed E-state index contributed by atoms with van der Waals surface area (Å²) in [5.74, 6) is -2.83. The first-order valence-corrected chi connectivity index (χ1v) is 18.0. The summed E-state index contributed by atoms with van der Waals surface area (Å²) in [4.78, 5) is 14.2. The molecule has 9 nitrogen and oxygen atoms in total. The molecule has 10 atom stereocenters. The van der Waals surface area contributed by atoms with E-state index in [0.717, 1.165) is 11.1 Å². The Morgan fingerprint density at radius 3 is 2.00 bits per heavy atom. The lowest BCUT2D eigenvalue weighted by molar-refractivity contribution is -0.250. The molecule has 0 unspecified atom stereocenters. The van der Waals surface area contributed by atoms with Gasteiger partial charge in [-0.25, -0.2) is 0 Å². The highest BCUT2D eigenvalue weighted by Crippen LogP contribution is 2.45. The summed E-state index contributed by atoms with van der Waals surface area (Å²) in [6, 6.07) is 19.5. The molecule has 1 saturated heterocycles. The van der Waals surface area contributed by atoms with Gasteiger partial charge in [-0.15, -0.1) is 6.58 Å². The molecule has 2 aromatic rings. The van der Waals surface area contributed by atoms with Crippen LogP contribution in [-0.4, -0.2) is 71.0 Å². The van der Waals surface area contributed by atoms with E-state index in [2.05, 4.69) is 6.58 Å². The lowest BCUT2D eigenvalue weighted by Crippen LogP contribution is -2.57. The molecule has 2 N–H and O–H groups in total. The zero-order valence-corrected chi connectivity index (χ0v) is 31.7. The molecule has 1 heterocycles. The molecule has 0 bridgehead atoms. The number of aliphatic hydroxyl groups excluding tert-OH is 2. The maximum atomic E-state index is 14.2. The van der Waals surface area contributed by atoms with Gasteiger partial charge >= 0.3 is 0 Å². The zero-order valence-electron chi connectivity index (χ0n) is 31.7. The molecule has 0 radical (unpaired) electrons. The van der Waals surface area contributed by atoms with Crippen molar-refractivity contribution >= 4 is 5.78 Å². The van der Waals surface area contributed by atoms with Crippen molar-refractivity contribution in [1.29, 1.82) is 0 Å². The van der Waals surface area contributed by atoms with Crippen molar-refractivity contribution in [2.45, 2.75) is 130 Å². The second-order valence-electron chi connectivity index (χ2n) is 14.8. The van der Waals surface area contributed by atoms with Crippen molar-refractivity contribution in [3.05, 3.63) is 84.4 Å². The molecule has 0 spiro atoms. The molecule has 3 rings (SSSR count). The van der Waals surface area contributed by atoms with Crippen LogP contribution in [0.2, 0.25) is 0 Å². The maximum absolute atomic E-state index is 14.2. The van der Waals surface area contributed by atoms with Gasteiger partial charge in [-0.3, -0.25) is 4.79 Å². The molecular formula is C41H62O9. The molecule has 50 heavy (non-hydrogen) atoms. The van der Waals surface area contributed by atoms with E-state index in [4.69, 9.17) is 28.4 Å². The van der Waals surface area contributed by atoms with Crippen LogP contribution < -0.4 is 0 Å². The minimum absolute atomic E-state index is 0.0238. The van der Waals surface area contributed by atoms with Crippen LogP contribution in [-0.2, 0) is 46.4 Å².